The van der Waals surface area contributed by atoms with Crippen LogP contribution in [0, 0.1) is 0 Å². The van der Waals surface area contributed by atoms with Gasteiger partial charge in [0.15, 0.2) is 0 Å². The SMILES string of the molecule is CC(/C=C(\C)Nc1ccc(O[Si](CC[Si](C)(c2ccccc2)c2ccccc2)(CC[Si](C)(c2ccccc2)c2ccccc2)CC[Si](C)(c2ccccc2)c2ccccc2)cc1)=Nc1ccc(O[Si](CC[Si](C)(c2ccccc2)c2ccccc2)(CC[Si](C)(c2ccccc2)c2ccccc2)CC[Si](C)(c2ccccc2)c2ccccc2)cc1. The summed E-state index contributed by atoms with van der Waals surface area (Å²) in [5.74, 6) is 1.91. The van der Waals surface area contributed by atoms with Gasteiger partial charge in [-0.15, -0.1) is 0 Å². The van der Waals surface area contributed by atoms with Gasteiger partial charge < -0.3 is 14.2 Å². The number of allylic oxidation sites excluding steroid dienone is 2. The summed E-state index contributed by atoms with van der Waals surface area (Å²) in [6.45, 7) is 20.0. The third-order valence-corrected chi connectivity index (χ3v) is 64.9. The summed E-state index contributed by atoms with van der Waals surface area (Å²) in [4.78, 5) is 5.33. The van der Waals surface area contributed by atoms with Crippen molar-refractivity contribution in [1.82, 2.24) is 0 Å². The van der Waals surface area contributed by atoms with Gasteiger partial charge in [0, 0.05) is 17.1 Å². The zero-order valence-electron chi connectivity index (χ0n) is 71.1. The topological polar surface area (TPSA) is 42.8 Å². The molecule has 0 unspecified atom stereocenters. The lowest BCUT2D eigenvalue weighted by Crippen LogP contribution is -2.60. The van der Waals surface area contributed by atoms with Crippen molar-refractivity contribution in [1.29, 1.82) is 0 Å². The average Bonchev–Trinajstić information content (AvgIpc) is 0.775. The van der Waals surface area contributed by atoms with Crippen LogP contribution in [-0.2, 0) is 0 Å². The Bertz CT molecular complexity index is 4810. The maximum absolute atomic E-state index is 8.25. The van der Waals surface area contributed by atoms with E-state index in [1.807, 2.05) is 0 Å². The highest BCUT2D eigenvalue weighted by Gasteiger charge is 2.49. The van der Waals surface area contributed by atoms with Crippen molar-refractivity contribution in [2.24, 2.45) is 4.99 Å². The molecule has 0 heterocycles. The van der Waals surface area contributed by atoms with Gasteiger partial charge >= 0.3 is 0 Å². The zero-order chi connectivity index (χ0) is 82.5. The van der Waals surface area contributed by atoms with Crippen LogP contribution in [0.3, 0.4) is 0 Å². The Morgan fingerprint density at radius 3 is 0.571 bits per heavy atom. The molecule has 0 fully saturated rings. The minimum absolute atomic E-state index is 0.899. The minimum Gasteiger partial charge on any atom is -0.544 e. The maximum atomic E-state index is 8.25. The Hall–Kier alpha value is -10.4. The molecule has 0 atom stereocenters. The summed E-state index contributed by atoms with van der Waals surface area (Å²) in [5, 5.41) is 21.5. The lowest BCUT2D eigenvalue weighted by atomic mass is 10.2. The van der Waals surface area contributed by atoms with Crippen molar-refractivity contribution in [3.8, 4) is 11.5 Å². The van der Waals surface area contributed by atoms with Crippen molar-refractivity contribution in [3.63, 3.8) is 0 Å². The first-order valence-electron chi connectivity index (χ1n) is 43.2. The molecule has 0 radical (unpaired) electrons. The summed E-state index contributed by atoms with van der Waals surface area (Å²) < 4.78 is 16.5. The second-order valence-electron chi connectivity index (χ2n) is 34.7. The van der Waals surface area contributed by atoms with E-state index >= 15 is 0 Å². The number of hydrogen-bond acceptors (Lipinski definition) is 4. The van der Waals surface area contributed by atoms with Crippen LogP contribution in [0.2, 0.25) is 112 Å². The Morgan fingerprint density at radius 2 is 0.395 bits per heavy atom. The van der Waals surface area contributed by atoms with Crippen LogP contribution in [0.4, 0.5) is 11.4 Å². The zero-order valence-corrected chi connectivity index (χ0v) is 79.1. The van der Waals surface area contributed by atoms with E-state index in [4.69, 9.17) is 13.8 Å². The van der Waals surface area contributed by atoms with Gasteiger partial charge in [-0.05, 0) is 141 Å². The molecule has 14 aromatic carbocycles. The van der Waals surface area contributed by atoms with Gasteiger partial charge in [0.1, 0.15) is 59.9 Å². The number of nitrogens with one attached hydrogen (secondary N) is 1. The molecule has 14 aromatic rings. The van der Waals surface area contributed by atoms with Crippen LogP contribution in [-0.4, -0.2) is 70.8 Å². The van der Waals surface area contributed by atoms with Crippen LogP contribution in [0.15, 0.2) is 429 Å². The Morgan fingerprint density at radius 1 is 0.227 bits per heavy atom. The second kappa shape index (κ2) is 39.2. The molecular formula is C107H118N2O2Si8. The molecule has 0 saturated carbocycles. The predicted molar refractivity (Wildman–Crippen MR) is 536 cm³/mol. The van der Waals surface area contributed by atoms with E-state index in [1.54, 1.807) is 0 Å². The van der Waals surface area contributed by atoms with Crippen molar-refractivity contribution in [2.45, 2.75) is 126 Å². The average molecular weight is 1690 g/mol. The van der Waals surface area contributed by atoms with E-state index in [2.05, 4.69) is 477 Å². The van der Waals surface area contributed by atoms with Gasteiger partial charge in [-0.25, -0.2) is 0 Å². The highest BCUT2D eigenvalue weighted by atomic mass is 28.4. The highest BCUT2D eigenvalue weighted by Crippen LogP contribution is 2.40. The molecular weight excluding hydrogens is 1570 g/mol. The fourth-order valence-electron chi connectivity index (χ4n) is 18.8. The summed E-state index contributed by atoms with van der Waals surface area (Å²) in [6.07, 6.45) is 2.17. The number of hydrogen-bond donors (Lipinski definition) is 1. The summed E-state index contributed by atoms with van der Waals surface area (Å²) >= 11 is 0. The van der Waals surface area contributed by atoms with Gasteiger partial charge in [-0.3, -0.25) is 4.99 Å². The summed E-state index contributed by atoms with van der Waals surface area (Å²) in [5.41, 5.74) is 3.83. The second-order valence-corrected chi connectivity index (χ2v) is 68.7. The Labute approximate surface area is 719 Å². The highest BCUT2D eigenvalue weighted by molar-refractivity contribution is 7.06. The molecule has 0 aliphatic heterocycles. The van der Waals surface area contributed by atoms with E-state index in [-0.39, 0.29) is 0 Å². The first kappa shape index (κ1) is 85.1. The first-order chi connectivity index (χ1) is 57.9. The molecule has 600 valence electrons. The fourth-order valence-corrected chi connectivity index (χ4v) is 61.8. The summed E-state index contributed by atoms with van der Waals surface area (Å²) in [6, 6.07) is 169. The number of nitrogens with zero attached hydrogens (tertiary/aromatic N) is 1. The quantitative estimate of drug-likeness (QED) is 0.0310. The third kappa shape index (κ3) is 20.6. The fraction of sp³-hybridized carbons (Fsp3) is 0.187. The van der Waals surface area contributed by atoms with E-state index in [0.717, 1.165) is 107 Å². The van der Waals surface area contributed by atoms with Gasteiger partial charge in [-0.1, -0.05) is 466 Å². The van der Waals surface area contributed by atoms with Crippen LogP contribution in [0.25, 0.3) is 0 Å². The van der Waals surface area contributed by atoms with Crippen LogP contribution in [0.1, 0.15) is 13.8 Å². The lowest BCUT2D eigenvalue weighted by Gasteiger charge is -2.41. The van der Waals surface area contributed by atoms with Crippen molar-refractivity contribution in [3.05, 3.63) is 424 Å². The standard InChI is InChI=1S/C107H118N2O2Si8/c1-90(108-92-69-73-94(74-70-92)110-118(83-77-112(3,96-45-21-9-22-46-96)97-47-23-10-24-48-97,84-78-113(4,98-49-25-11-26-50-98)99-51-27-12-28-52-99)85-79-114(5,100-53-29-13-30-54-100)101-55-31-14-32-56-101)89-91(2)109-93-71-75-95(76-72-93)111-119(86-80-115(6,102-57-33-15-34-58-102)103-59-35-16-36-60-103,87-81-116(7,104-61-37-17-38-62-104)105-63-39-18-40-64-105)88-82-117(8,106-65-41-19-42-66-106)107-67-43-20-44-68-107/h9-76,89,108H,77-88H2,1-8H3/b90-89+,109-91?. The van der Waals surface area contributed by atoms with Gasteiger partial charge in [-0.2, -0.15) is 0 Å². The van der Waals surface area contributed by atoms with E-state index < -0.39 is 65.1 Å². The number of anilines is 1. The largest absolute Gasteiger partial charge is 0.544 e. The molecule has 1 N–H and O–H groups in total. The summed E-state index contributed by atoms with van der Waals surface area (Å²) in [7, 11) is -19.7. The molecule has 119 heavy (non-hydrogen) atoms. The van der Waals surface area contributed by atoms with Crippen molar-refractivity contribution < 1.29 is 8.85 Å². The smallest absolute Gasteiger partial charge is 0.250 e. The maximum Gasteiger partial charge on any atom is 0.250 e. The lowest BCUT2D eigenvalue weighted by molar-refractivity contribution is 0.531. The van der Waals surface area contributed by atoms with Crippen molar-refractivity contribution >= 4 is 144 Å². The monoisotopic (exact) mass is 1690 g/mol. The normalized spacial score (nSPS) is 12.7. The van der Waals surface area contributed by atoms with E-state index in [1.165, 1.54) is 62.2 Å². The molecule has 0 bridgehead atoms. The van der Waals surface area contributed by atoms with Crippen molar-refractivity contribution in [2.75, 3.05) is 5.32 Å². The van der Waals surface area contributed by atoms with Gasteiger partial charge in [0.2, 0.25) is 0 Å². The third-order valence-electron chi connectivity index (χ3n) is 26.8. The first-order valence-corrected chi connectivity index (χ1v) is 64.5. The number of benzene rings is 14. The molecule has 0 aliphatic rings. The molecule has 12 heteroatoms. The predicted octanol–water partition coefficient (Wildman–Crippen LogP) is 20.8. The molecule has 4 nitrogen and oxygen atoms in total. The molecule has 0 aliphatic carbocycles. The van der Waals surface area contributed by atoms with E-state index in [0.29, 0.717) is 0 Å². The Kier molecular flexibility index (Phi) is 28.0. The Balaban J connectivity index is 0.786. The van der Waals surface area contributed by atoms with Gasteiger partial charge in [0.25, 0.3) is 16.6 Å². The van der Waals surface area contributed by atoms with Crippen LogP contribution < -0.4 is 76.4 Å². The number of rotatable bonds is 38. The molecule has 14 rings (SSSR count). The number of aliphatic imine (C=N–C) groups is 1. The molecule has 0 amide bonds. The van der Waals surface area contributed by atoms with Crippen LogP contribution in [0.5, 0.6) is 11.5 Å². The molecule has 0 aromatic heterocycles. The van der Waals surface area contributed by atoms with Crippen LogP contribution >= 0.6 is 0 Å². The van der Waals surface area contributed by atoms with E-state index in [9.17, 15) is 0 Å². The molecule has 0 saturated heterocycles. The molecule has 0 spiro atoms. The van der Waals surface area contributed by atoms with Gasteiger partial charge in [0.05, 0.1) is 5.69 Å². The minimum atomic E-state index is -2.84.